The van der Waals surface area contributed by atoms with Crippen LogP contribution in [-0.2, 0) is 9.53 Å². The largest absolute Gasteiger partial charge is 0.497 e. The number of nitrogens with one attached hydrogen (secondary N) is 1. The van der Waals surface area contributed by atoms with Crippen LogP contribution in [-0.4, -0.2) is 33.2 Å². The SMILES string of the molecule is COC(=O)c1ccc(NC(=O)/C=C(\C)c2cc3c(-c4ccc(OC)cc4)coc3c(C)c2OC)cc1. The van der Waals surface area contributed by atoms with Gasteiger partial charge < -0.3 is 23.9 Å². The number of hydrogen-bond acceptors (Lipinski definition) is 6. The molecule has 1 N–H and O–H groups in total. The molecule has 1 heterocycles. The van der Waals surface area contributed by atoms with Crippen LogP contribution >= 0.6 is 0 Å². The molecule has 7 heteroatoms. The highest BCUT2D eigenvalue weighted by atomic mass is 16.5. The molecule has 0 fully saturated rings. The first kappa shape index (κ1) is 24.6. The van der Waals surface area contributed by atoms with E-state index in [0.29, 0.717) is 17.0 Å². The van der Waals surface area contributed by atoms with E-state index >= 15 is 0 Å². The van der Waals surface area contributed by atoms with E-state index in [0.717, 1.165) is 44.5 Å². The Kier molecular flexibility index (Phi) is 7.10. The molecule has 36 heavy (non-hydrogen) atoms. The van der Waals surface area contributed by atoms with Crippen LogP contribution in [0.2, 0.25) is 0 Å². The number of carbonyl (C=O) groups excluding carboxylic acids is 2. The lowest BCUT2D eigenvalue weighted by molar-refractivity contribution is -0.111. The number of benzene rings is 3. The summed E-state index contributed by atoms with van der Waals surface area (Å²) in [6, 6.07) is 16.2. The van der Waals surface area contributed by atoms with Gasteiger partial charge in [-0.1, -0.05) is 12.1 Å². The fraction of sp³-hybridized carbons (Fsp3) is 0.172. The maximum atomic E-state index is 12.8. The van der Waals surface area contributed by atoms with Crippen molar-refractivity contribution in [2.75, 3.05) is 26.6 Å². The van der Waals surface area contributed by atoms with Crippen molar-refractivity contribution in [3.05, 3.63) is 83.6 Å². The molecule has 184 valence electrons. The number of anilines is 1. The van der Waals surface area contributed by atoms with Gasteiger partial charge in [0.15, 0.2) is 0 Å². The molecule has 0 aliphatic heterocycles. The van der Waals surface area contributed by atoms with Gasteiger partial charge in [-0.05, 0) is 67.4 Å². The number of methoxy groups -OCH3 is 3. The molecule has 4 aromatic rings. The number of amides is 1. The second-order valence-corrected chi connectivity index (χ2v) is 8.22. The zero-order chi connectivity index (χ0) is 25.8. The highest BCUT2D eigenvalue weighted by Crippen LogP contribution is 2.40. The molecule has 3 aromatic carbocycles. The predicted molar refractivity (Wildman–Crippen MR) is 140 cm³/mol. The quantitative estimate of drug-likeness (QED) is 0.246. The molecule has 0 radical (unpaired) electrons. The lowest BCUT2D eigenvalue weighted by Gasteiger charge is -2.13. The van der Waals surface area contributed by atoms with E-state index < -0.39 is 5.97 Å². The first-order chi connectivity index (χ1) is 17.4. The summed E-state index contributed by atoms with van der Waals surface area (Å²) >= 11 is 0. The van der Waals surface area contributed by atoms with Gasteiger partial charge in [-0.3, -0.25) is 4.79 Å². The lowest BCUT2D eigenvalue weighted by atomic mass is 9.96. The summed E-state index contributed by atoms with van der Waals surface area (Å²) in [5.41, 5.74) is 5.97. The summed E-state index contributed by atoms with van der Waals surface area (Å²) in [7, 11) is 4.55. The minimum absolute atomic E-state index is 0.305. The van der Waals surface area contributed by atoms with Gasteiger partial charge in [0.25, 0.3) is 0 Å². The molecule has 4 rings (SSSR count). The van der Waals surface area contributed by atoms with E-state index in [2.05, 4.69) is 5.32 Å². The number of fused-ring (bicyclic) bond motifs is 1. The van der Waals surface area contributed by atoms with Crippen molar-refractivity contribution in [2.24, 2.45) is 0 Å². The number of furan rings is 1. The van der Waals surface area contributed by atoms with Gasteiger partial charge in [0.1, 0.15) is 17.1 Å². The van der Waals surface area contributed by atoms with Crippen molar-refractivity contribution in [3.8, 4) is 22.6 Å². The standard InChI is InChI=1S/C29H27NO6/c1-17(14-26(31)30-21-10-6-20(7-11-21)29(32)35-5)23-15-24-25(19-8-12-22(33-3)13-9-19)16-36-28(24)18(2)27(23)34-4/h6-16H,1-5H3,(H,30,31)/b17-14+. The van der Waals surface area contributed by atoms with Crippen LogP contribution in [0.5, 0.6) is 11.5 Å². The van der Waals surface area contributed by atoms with Crippen LogP contribution in [0, 0.1) is 6.92 Å². The van der Waals surface area contributed by atoms with Crippen LogP contribution in [0.1, 0.15) is 28.4 Å². The Morgan fingerprint density at radius 3 is 2.25 bits per heavy atom. The molecule has 0 aliphatic carbocycles. The summed E-state index contributed by atoms with van der Waals surface area (Å²) in [5, 5.41) is 3.74. The summed E-state index contributed by atoms with van der Waals surface area (Å²) in [4.78, 5) is 24.4. The van der Waals surface area contributed by atoms with E-state index in [9.17, 15) is 9.59 Å². The van der Waals surface area contributed by atoms with Gasteiger partial charge in [-0.25, -0.2) is 4.79 Å². The summed E-state index contributed by atoms with van der Waals surface area (Å²) in [6.07, 6.45) is 3.25. The van der Waals surface area contributed by atoms with Crippen molar-refractivity contribution in [1.29, 1.82) is 0 Å². The minimum Gasteiger partial charge on any atom is -0.497 e. The maximum absolute atomic E-state index is 12.8. The monoisotopic (exact) mass is 485 g/mol. The molecule has 1 aromatic heterocycles. The van der Waals surface area contributed by atoms with Gasteiger partial charge in [0.2, 0.25) is 5.91 Å². The van der Waals surface area contributed by atoms with Crippen molar-refractivity contribution in [2.45, 2.75) is 13.8 Å². The van der Waals surface area contributed by atoms with Gasteiger partial charge in [0, 0.05) is 33.8 Å². The second kappa shape index (κ2) is 10.4. The molecule has 0 atom stereocenters. The number of rotatable bonds is 7. The van der Waals surface area contributed by atoms with Crippen molar-refractivity contribution in [3.63, 3.8) is 0 Å². The van der Waals surface area contributed by atoms with Crippen molar-refractivity contribution >= 4 is 34.1 Å². The Morgan fingerprint density at radius 2 is 1.64 bits per heavy atom. The smallest absolute Gasteiger partial charge is 0.337 e. The molecule has 0 aliphatic rings. The fourth-order valence-electron chi connectivity index (χ4n) is 4.13. The Bertz CT molecular complexity index is 1450. The Balaban J connectivity index is 1.67. The van der Waals surface area contributed by atoms with E-state index in [1.807, 2.05) is 44.2 Å². The molecular weight excluding hydrogens is 458 g/mol. The highest BCUT2D eigenvalue weighted by molar-refractivity contribution is 6.06. The third kappa shape index (κ3) is 4.81. The number of allylic oxidation sites excluding steroid dienone is 1. The number of aryl methyl sites for hydroxylation is 1. The first-order valence-corrected chi connectivity index (χ1v) is 11.3. The summed E-state index contributed by atoms with van der Waals surface area (Å²) in [5.74, 6) is 0.673. The van der Waals surface area contributed by atoms with Crippen LogP contribution < -0.4 is 14.8 Å². The van der Waals surface area contributed by atoms with Gasteiger partial charge in [-0.15, -0.1) is 0 Å². The number of ether oxygens (including phenoxy) is 3. The van der Waals surface area contributed by atoms with Gasteiger partial charge >= 0.3 is 5.97 Å². The zero-order valence-corrected chi connectivity index (χ0v) is 20.8. The van der Waals surface area contributed by atoms with Gasteiger partial charge in [-0.2, -0.15) is 0 Å². The molecule has 0 spiro atoms. The normalized spacial score (nSPS) is 11.3. The average Bonchev–Trinajstić information content (AvgIpc) is 3.33. The van der Waals surface area contributed by atoms with E-state index in [4.69, 9.17) is 18.6 Å². The topological polar surface area (TPSA) is 87.0 Å². The van der Waals surface area contributed by atoms with Gasteiger partial charge in [0.05, 0.1) is 33.2 Å². The Hall–Kier alpha value is -4.52. The van der Waals surface area contributed by atoms with E-state index in [-0.39, 0.29) is 5.91 Å². The average molecular weight is 486 g/mol. The van der Waals surface area contributed by atoms with Crippen LogP contribution in [0.4, 0.5) is 5.69 Å². The van der Waals surface area contributed by atoms with E-state index in [1.165, 1.54) is 13.2 Å². The molecular formula is C29H27NO6. The van der Waals surface area contributed by atoms with Crippen LogP contribution in [0.15, 0.2) is 71.4 Å². The van der Waals surface area contributed by atoms with Crippen molar-refractivity contribution in [1.82, 2.24) is 0 Å². The Labute approximate surface area is 209 Å². The third-order valence-corrected chi connectivity index (χ3v) is 6.00. The predicted octanol–water partition coefficient (Wildman–Crippen LogP) is 6.25. The second-order valence-electron chi connectivity index (χ2n) is 8.22. The molecule has 0 saturated heterocycles. The lowest BCUT2D eigenvalue weighted by Crippen LogP contribution is -2.09. The maximum Gasteiger partial charge on any atom is 0.337 e. The minimum atomic E-state index is -0.435. The summed E-state index contributed by atoms with van der Waals surface area (Å²) in [6.45, 7) is 3.79. The molecule has 0 bridgehead atoms. The fourth-order valence-corrected chi connectivity index (χ4v) is 4.13. The first-order valence-electron chi connectivity index (χ1n) is 11.3. The summed E-state index contributed by atoms with van der Waals surface area (Å²) < 4.78 is 21.6. The number of hydrogen-bond donors (Lipinski definition) is 1. The van der Waals surface area contributed by atoms with Crippen LogP contribution in [0.25, 0.3) is 27.7 Å². The highest BCUT2D eigenvalue weighted by Gasteiger charge is 2.19. The molecule has 7 nitrogen and oxygen atoms in total. The zero-order valence-electron chi connectivity index (χ0n) is 20.8. The number of esters is 1. The molecule has 1 amide bonds. The van der Waals surface area contributed by atoms with E-state index in [1.54, 1.807) is 44.7 Å². The molecule has 0 saturated carbocycles. The molecule has 0 unspecified atom stereocenters. The number of carbonyl (C=O) groups is 2. The Morgan fingerprint density at radius 1 is 0.944 bits per heavy atom. The third-order valence-electron chi connectivity index (χ3n) is 6.00. The van der Waals surface area contributed by atoms with Crippen LogP contribution in [0.3, 0.4) is 0 Å². The van der Waals surface area contributed by atoms with Crippen molar-refractivity contribution < 1.29 is 28.2 Å².